The molecule has 0 amide bonds. The van der Waals surface area contributed by atoms with E-state index in [1.807, 2.05) is 38.2 Å². The molecule has 0 spiro atoms. The lowest BCUT2D eigenvalue weighted by Gasteiger charge is -2.05. The maximum Gasteiger partial charge on any atom is 0.201 e. The van der Waals surface area contributed by atoms with Gasteiger partial charge in [0.1, 0.15) is 17.3 Å². The number of halogens is 2. The first kappa shape index (κ1) is 23.6. The summed E-state index contributed by atoms with van der Waals surface area (Å²) in [6.07, 6.45) is 4.39. The lowest BCUT2D eigenvalue weighted by Crippen LogP contribution is -2.07. The Hall–Kier alpha value is -3.03. The number of hydrogen-bond donors (Lipinski definition) is 2. The highest BCUT2D eigenvalue weighted by molar-refractivity contribution is 7.97. The predicted molar refractivity (Wildman–Crippen MR) is 128 cm³/mol. The molecule has 4 rings (SSSR count). The third-order valence-electron chi connectivity index (χ3n) is 4.80. The molecule has 2 heterocycles. The molecule has 2 N–H and O–H groups in total. The Kier molecular flexibility index (Phi) is 8.14. The smallest absolute Gasteiger partial charge is 0.201 e. The number of aromatic nitrogens is 2. The van der Waals surface area contributed by atoms with Crippen LogP contribution in [-0.4, -0.2) is 28.6 Å². The topological polar surface area (TPSA) is 57.8 Å². The summed E-state index contributed by atoms with van der Waals surface area (Å²) in [6, 6.07) is 13.1. The fraction of sp³-hybridized carbons (Fsp3) is 0.200. The summed E-state index contributed by atoms with van der Waals surface area (Å²) in [4.78, 5) is 19.9. The third kappa shape index (κ3) is 5.41. The zero-order chi connectivity index (χ0) is 23.1. The van der Waals surface area contributed by atoms with E-state index < -0.39 is 23.0 Å². The average molecular weight is 454 g/mol. The molecule has 0 atom stereocenters. The molecule has 0 radical (unpaired) electrons. The van der Waals surface area contributed by atoms with Gasteiger partial charge in [-0.25, -0.2) is 13.8 Å². The number of aryl methyl sites for hydroxylation is 1. The zero-order valence-electron chi connectivity index (χ0n) is 18.2. The second-order valence-corrected chi connectivity index (χ2v) is 8.27. The fourth-order valence-electron chi connectivity index (χ4n) is 3.15. The van der Waals surface area contributed by atoms with Crippen LogP contribution >= 0.6 is 11.9 Å². The van der Waals surface area contributed by atoms with Crippen molar-refractivity contribution < 1.29 is 13.6 Å². The monoisotopic (exact) mass is 453 g/mol. The number of pyridine rings is 1. The van der Waals surface area contributed by atoms with Gasteiger partial charge in [-0.1, -0.05) is 54.8 Å². The standard InChI is InChI=1S/C21H14F2N2O.C4H11NS/c1-12-5-7-13(8-6-12)14-9-15-16(11-25-21(15)24-10-14)20(26)19-17(22)3-2-4-18(19)23;1-3-4-6-5-2/h2-11H,1H3,(H,24,25);5H,3-4H2,1-2H3. The van der Waals surface area contributed by atoms with Crippen molar-refractivity contribution in [3.05, 3.63) is 89.2 Å². The quantitative estimate of drug-likeness (QED) is 0.204. The largest absolute Gasteiger partial charge is 0.345 e. The number of carbonyl (C=O) groups is 1. The van der Waals surface area contributed by atoms with Crippen molar-refractivity contribution in [2.45, 2.75) is 20.3 Å². The van der Waals surface area contributed by atoms with Gasteiger partial charge >= 0.3 is 0 Å². The van der Waals surface area contributed by atoms with Crippen molar-refractivity contribution in [1.29, 1.82) is 0 Å². The van der Waals surface area contributed by atoms with Crippen molar-refractivity contribution >= 4 is 28.8 Å². The van der Waals surface area contributed by atoms with E-state index in [-0.39, 0.29) is 5.56 Å². The molecule has 0 unspecified atom stereocenters. The molecule has 0 saturated heterocycles. The third-order valence-corrected chi connectivity index (χ3v) is 5.70. The normalized spacial score (nSPS) is 10.7. The number of nitrogens with zero attached hydrogens (tertiary/aromatic N) is 1. The van der Waals surface area contributed by atoms with Gasteiger partial charge < -0.3 is 4.98 Å². The minimum atomic E-state index is -0.882. The van der Waals surface area contributed by atoms with E-state index in [1.165, 1.54) is 24.4 Å². The molecule has 0 bridgehead atoms. The molecule has 0 aliphatic rings. The van der Waals surface area contributed by atoms with Gasteiger partial charge in [-0.15, -0.1) is 0 Å². The number of benzene rings is 2. The maximum absolute atomic E-state index is 14.0. The Morgan fingerprint density at radius 2 is 1.78 bits per heavy atom. The van der Waals surface area contributed by atoms with Gasteiger partial charge in [0.2, 0.25) is 5.78 Å². The van der Waals surface area contributed by atoms with Crippen LogP contribution in [0.1, 0.15) is 34.8 Å². The predicted octanol–water partition coefficient (Wildman–Crippen LogP) is 6.31. The average Bonchev–Trinajstić information content (AvgIpc) is 3.22. The van der Waals surface area contributed by atoms with Crippen molar-refractivity contribution in [2.75, 3.05) is 12.8 Å². The lowest BCUT2D eigenvalue weighted by atomic mass is 10.00. The molecule has 7 heteroatoms. The first-order chi connectivity index (χ1) is 15.5. The van der Waals surface area contributed by atoms with Gasteiger partial charge in [0.25, 0.3) is 0 Å². The van der Waals surface area contributed by atoms with Crippen LogP contribution in [0.25, 0.3) is 22.2 Å². The Bertz CT molecular complexity index is 1180. The number of fused-ring (bicyclic) bond motifs is 1. The van der Waals surface area contributed by atoms with Crippen LogP contribution in [0, 0.1) is 18.6 Å². The first-order valence-corrected chi connectivity index (χ1v) is 11.3. The van der Waals surface area contributed by atoms with E-state index in [1.54, 1.807) is 24.2 Å². The SMILES string of the molecule is CCCSNC.Cc1ccc(-c2cnc3[nH]cc(C(=O)c4c(F)cccc4F)c3c2)cc1. The van der Waals surface area contributed by atoms with E-state index in [9.17, 15) is 13.6 Å². The number of aromatic amines is 1. The molecule has 0 saturated carbocycles. The van der Waals surface area contributed by atoms with Crippen LogP contribution < -0.4 is 4.72 Å². The van der Waals surface area contributed by atoms with Gasteiger partial charge in [0.05, 0.1) is 5.56 Å². The molecule has 32 heavy (non-hydrogen) atoms. The maximum atomic E-state index is 14.0. The Balaban J connectivity index is 0.000000427. The highest BCUT2D eigenvalue weighted by atomic mass is 32.2. The summed E-state index contributed by atoms with van der Waals surface area (Å²) in [5.41, 5.74) is 3.01. The van der Waals surface area contributed by atoms with Gasteiger partial charge in [0, 0.05) is 34.7 Å². The van der Waals surface area contributed by atoms with Gasteiger partial charge in [-0.2, -0.15) is 0 Å². The van der Waals surface area contributed by atoms with Crippen molar-refractivity contribution in [2.24, 2.45) is 0 Å². The second kappa shape index (κ2) is 11.0. The van der Waals surface area contributed by atoms with E-state index in [0.717, 1.165) is 28.8 Å². The molecular formula is C25H25F2N3OS. The summed E-state index contributed by atoms with van der Waals surface area (Å²) < 4.78 is 31.0. The number of nitrogens with one attached hydrogen (secondary N) is 2. The fourth-order valence-corrected chi connectivity index (χ4v) is 3.56. The molecule has 2 aromatic heterocycles. The van der Waals surface area contributed by atoms with Crippen molar-refractivity contribution in [1.82, 2.24) is 14.7 Å². The number of H-pyrrole nitrogens is 1. The van der Waals surface area contributed by atoms with E-state index in [4.69, 9.17) is 0 Å². The van der Waals surface area contributed by atoms with E-state index in [2.05, 4.69) is 21.6 Å². The van der Waals surface area contributed by atoms with E-state index in [0.29, 0.717) is 11.0 Å². The van der Waals surface area contributed by atoms with Crippen molar-refractivity contribution in [3.8, 4) is 11.1 Å². The summed E-state index contributed by atoms with van der Waals surface area (Å²) in [5, 5.41) is 0.524. The molecule has 2 aromatic carbocycles. The molecular weight excluding hydrogens is 428 g/mol. The van der Waals surface area contributed by atoms with E-state index >= 15 is 0 Å². The Labute approximate surface area is 190 Å². The number of hydrogen-bond acceptors (Lipinski definition) is 4. The Morgan fingerprint density at radius 3 is 2.38 bits per heavy atom. The van der Waals surface area contributed by atoms with Crippen LogP contribution in [-0.2, 0) is 0 Å². The molecule has 166 valence electrons. The highest BCUT2D eigenvalue weighted by Crippen LogP contribution is 2.27. The second-order valence-electron chi connectivity index (χ2n) is 7.17. The van der Waals surface area contributed by atoms with Crippen LogP contribution in [0.3, 0.4) is 0 Å². The van der Waals surface area contributed by atoms with Crippen LogP contribution in [0.15, 0.2) is 60.9 Å². The molecule has 0 fully saturated rings. The molecule has 0 aliphatic heterocycles. The molecule has 4 nitrogen and oxygen atoms in total. The summed E-state index contributed by atoms with van der Waals surface area (Å²) in [5.74, 6) is -1.26. The lowest BCUT2D eigenvalue weighted by molar-refractivity contribution is 0.103. The summed E-state index contributed by atoms with van der Waals surface area (Å²) in [6.45, 7) is 4.17. The van der Waals surface area contributed by atoms with Gasteiger partial charge in [0.15, 0.2) is 0 Å². The minimum Gasteiger partial charge on any atom is -0.345 e. The molecule has 4 aromatic rings. The van der Waals surface area contributed by atoms with Gasteiger partial charge in [-0.05, 0) is 44.2 Å². The number of rotatable bonds is 6. The highest BCUT2D eigenvalue weighted by Gasteiger charge is 2.22. The number of ketones is 1. The summed E-state index contributed by atoms with van der Waals surface area (Å²) in [7, 11) is 1.94. The van der Waals surface area contributed by atoms with Crippen LogP contribution in [0.4, 0.5) is 8.78 Å². The zero-order valence-corrected chi connectivity index (χ0v) is 19.0. The molecule has 0 aliphatic carbocycles. The summed E-state index contributed by atoms with van der Waals surface area (Å²) >= 11 is 1.76. The van der Waals surface area contributed by atoms with Crippen LogP contribution in [0.2, 0.25) is 0 Å². The van der Waals surface area contributed by atoms with Gasteiger partial charge in [-0.3, -0.25) is 9.52 Å². The first-order valence-electron chi connectivity index (χ1n) is 10.3. The minimum absolute atomic E-state index is 0.186. The van der Waals surface area contributed by atoms with Crippen LogP contribution in [0.5, 0.6) is 0 Å². The number of carbonyl (C=O) groups excluding carboxylic acids is 1. The Morgan fingerprint density at radius 1 is 1.09 bits per heavy atom. The van der Waals surface area contributed by atoms with Crippen molar-refractivity contribution in [3.63, 3.8) is 0 Å².